The summed E-state index contributed by atoms with van der Waals surface area (Å²) in [5.74, 6) is 0.811. The summed E-state index contributed by atoms with van der Waals surface area (Å²) >= 11 is 0. The fourth-order valence-corrected chi connectivity index (χ4v) is 1.71. The molecule has 0 saturated heterocycles. The molecule has 1 aromatic rings. The number of benzene rings is 1. The molecule has 1 rings (SSSR count). The number of methoxy groups -OCH3 is 1. The lowest BCUT2D eigenvalue weighted by molar-refractivity contribution is 0.131. The zero-order valence-corrected chi connectivity index (χ0v) is 11.7. The molecule has 0 aliphatic heterocycles. The Bertz CT molecular complexity index is 395. The van der Waals surface area contributed by atoms with Crippen LogP contribution in [0.1, 0.15) is 44.4 Å². The molecule has 1 unspecified atom stereocenters. The number of rotatable bonds is 6. The molecule has 3 nitrogen and oxygen atoms in total. The van der Waals surface area contributed by atoms with E-state index in [-0.39, 0.29) is 6.10 Å². The lowest BCUT2D eigenvalue weighted by atomic mass is 10.1. The summed E-state index contributed by atoms with van der Waals surface area (Å²) in [7, 11) is 1.70. The number of nitrogens with two attached hydrogens (primary N) is 1. The highest BCUT2D eigenvalue weighted by Gasteiger charge is 2.08. The molecular formula is C15H23NO2. The highest BCUT2D eigenvalue weighted by Crippen LogP contribution is 2.21. The van der Waals surface area contributed by atoms with Gasteiger partial charge in [0, 0.05) is 12.8 Å². The maximum Gasteiger partial charge on any atom is 0.120 e. The maximum atomic E-state index is 5.84. The van der Waals surface area contributed by atoms with Crippen LogP contribution < -0.4 is 5.73 Å². The molecule has 0 radical (unpaired) electrons. The van der Waals surface area contributed by atoms with E-state index < -0.39 is 0 Å². The van der Waals surface area contributed by atoms with E-state index in [9.17, 15) is 0 Å². The summed E-state index contributed by atoms with van der Waals surface area (Å²) < 4.78 is 10.9. The summed E-state index contributed by atoms with van der Waals surface area (Å²) in [5.41, 5.74) is 8.95. The van der Waals surface area contributed by atoms with E-state index in [1.807, 2.05) is 20.8 Å². The molecule has 2 N–H and O–H groups in total. The van der Waals surface area contributed by atoms with Gasteiger partial charge < -0.3 is 15.2 Å². The van der Waals surface area contributed by atoms with Crippen LogP contribution in [0.5, 0.6) is 0 Å². The van der Waals surface area contributed by atoms with E-state index in [0.29, 0.717) is 6.61 Å². The molecular weight excluding hydrogens is 226 g/mol. The Morgan fingerprint density at radius 2 is 1.89 bits per heavy atom. The predicted octanol–water partition coefficient (Wildman–Crippen LogP) is 3.51. The second kappa shape index (κ2) is 7.07. The standard InChI is InChI=1S/C15H23NO2/c1-5-15(16)12(3)18-11(2)14-8-6-13(7-9-14)10-17-4/h6-9,11H,5,10,16H2,1-4H3/b15-12-. The smallest absolute Gasteiger partial charge is 0.120 e. The molecule has 0 saturated carbocycles. The molecule has 0 amide bonds. The fraction of sp³-hybridized carbons (Fsp3) is 0.467. The predicted molar refractivity (Wildman–Crippen MR) is 73.8 cm³/mol. The Morgan fingerprint density at radius 1 is 1.28 bits per heavy atom. The van der Waals surface area contributed by atoms with Gasteiger partial charge in [-0.15, -0.1) is 0 Å². The highest BCUT2D eigenvalue weighted by atomic mass is 16.5. The van der Waals surface area contributed by atoms with Gasteiger partial charge in [0.05, 0.1) is 6.61 Å². The molecule has 0 aromatic heterocycles. The Kier molecular flexibility index (Phi) is 5.72. The molecule has 18 heavy (non-hydrogen) atoms. The van der Waals surface area contributed by atoms with Crippen LogP contribution in [-0.2, 0) is 16.1 Å². The fourth-order valence-electron chi connectivity index (χ4n) is 1.71. The lowest BCUT2D eigenvalue weighted by Gasteiger charge is -2.17. The maximum absolute atomic E-state index is 5.84. The van der Waals surface area contributed by atoms with Gasteiger partial charge in [0.25, 0.3) is 0 Å². The van der Waals surface area contributed by atoms with Crippen molar-refractivity contribution in [1.82, 2.24) is 0 Å². The summed E-state index contributed by atoms with van der Waals surface area (Å²) in [4.78, 5) is 0. The van der Waals surface area contributed by atoms with E-state index in [4.69, 9.17) is 15.2 Å². The average molecular weight is 249 g/mol. The molecule has 1 atom stereocenters. The van der Waals surface area contributed by atoms with Crippen molar-refractivity contribution in [3.8, 4) is 0 Å². The largest absolute Gasteiger partial charge is 0.489 e. The first kappa shape index (κ1) is 14.6. The first-order chi connectivity index (χ1) is 8.58. The molecule has 3 heteroatoms. The van der Waals surface area contributed by atoms with E-state index in [2.05, 4.69) is 24.3 Å². The van der Waals surface area contributed by atoms with Crippen LogP contribution >= 0.6 is 0 Å². The Labute approximate surface area is 110 Å². The van der Waals surface area contributed by atoms with Crippen LogP contribution in [0.25, 0.3) is 0 Å². The molecule has 0 spiro atoms. The van der Waals surface area contributed by atoms with Crippen LogP contribution in [0, 0.1) is 0 Å². The zero-order valence-electron chi connectivity index (χ0n) is 11.7. The van der Waals surface area contributed by atoms with Gasteiger partial charge in [0.1, 0.15) is 11.9 Å². The molecule has 1 aromatic carbocycles. The number of ether oxygens (including phenoxy) is 2. The van der Waals surface area contributed by atoms with Crippen molar-refractivity contribution in [2.45, 2.75) is 39.9 Å². The molecule has 0 aliphatic carbocycles. The van der Waals surface area contributed by atoms with E-state index in [0.717, 1.165) is 29.0 Å². The molecule has 0 fully saturated rings. The third-order valence-corrected chi connectivity index (χ3v) is 2.95. The van der Waals surface area contributed by atoms with Gasteiger partial charge in [0.15, 0.2) is 0 Å². The third kappa shape index (κ3) is 4.08. The van der Waals surface area contributed by atoms with Crippen molar-refractivity contribution >= 4 is 0 Å². The van der Waals surface area contributed by atoms with Gasteiger partial charge in [-0.2, -0.15) is 0 Å². The van der Waals surface area contributed by atoms with Crippen LogP contribution in [0.15, 0.2) is 35.7 Å². The first-order valence-corrected chi connectivity index (χ1v) is 6.28. The minimum absolute atomic E-state index is 0.00620. The minimum Gasteiger partial charge on any atom is -0.489 e. The second-order valence-electron chi connectivity index (χ2n) is 4.37. The monoisotopic (exact) mass is 249 g/mol. The van der Waals surface area contributed by atoms with Gasteiger partial charge in [-0.3, -0.25) is 0 Å². The zero-order chi connectivity index (χ0) is 13.5. The van der Waals surface area contributed by atoms with E-state index in [1.165, 1.54) is 0 Å². The number of allylic oxidation sites excluding steroid dienone is 2. The first-order valence-electron chi connectivity index (χ1n) is 6.28. The van der Waals surface area contributed by atoms with Crippen molar-refractivity contribution in [1.29, 1.82) is 0 Å². The summed E-state index contributed by atoms with van der Waals surface area (Å²) in [5, 5.41) is 0. The van der Waals surface area contributed by atoms with Crippen molar-refractivity contribution < 1.29 is 9.47 Å². The van der Waals surface area contributed by atoms with Gasteiger partial charge >= 0.3 is 0 Å². The Morgan fingerprint density at radius 3 is 2.39 bits per heavy atom. The average Bonchev–Trinajstić information content (AvgIpc) is 2.38. The van der Waals surface area contributed by atoms with E-state index >= 15 is 0 Å². The van der Waals surface area contributed by atoms with Crippen LogP contribution in [0.2, 0.25) is 0 Å². The van der Waals surface area contributed by atoms with Gasteiger partial charge in [0.2, 0.25) is 0 Å². The van der Waals surface area contributed by atoms with Gasteiger partial charge in [-0.25, -0.2) is 0 Å². The minimum atomic E-state index is 0.00620. The van der Waals surface area contributed by atoms with Crippen LogP contribution in [0.3, 0.4) is 0 Å². The summed E-state index contributed by atoms with van der Waals surface area (Å²) in [6, 6.07) is 8.24. The van der Waals surface area contributed by atoms with Crippen molar-refractivity contribution in [3.05, 3.63) is 46.8 Å². The Balaban J connectivity index is 2.70. The Hall–Kier alpha value is -1.48. The summed E-state index contributed by atoms with van der Waals surface area (Å²) in [6.07, 6.45) is 0.817. The number of hydrogen-bond acceptors (Lipinski definition) is 3. The van der Waals surface area contributed by atoms with Gasteiger partial charge in [-0.1, -0.05) is 31.2 Å². The molecule has 0 heterocycles. The lowest BCUT2D eigenvalue weighted by Crippen LogP contribution is -2.05. The molecule has 0 bridgehead atoms. The van der Waals surface area contributed by atoms with Crippen LogP contribution in [0.4, 0.5) is 0 Å². The van der Waals surface area contributed by atoms with Crippen LogP contribution in [-0.4, -0.2) is 7.11 Å². The molecule has 100 valence electrons. The SMILES string of the molecule is CC/C(N)=C(\C)OC(C)c1ccc(COC)cc1. The quantitative estimate of drug-likeness (QED) is 0.785. The second-order valence-corrected chi connectivity index (χ2v) is 4.37. The third-order valence-electron chi connectivity index (χ3n) is 2.95. The topological polar surface area (TPSA) is 44.5 Å². The highest BCUT2D eigenvalue weighted by molar-refractivity contribution is 5.24. The normalized spacial score (nSPS) is 14.0. The van der Waals surface area contributed by atoms with E-state index in [1.54, 1.807) is 7.11 Å². The molecule has 0 aliphatic rings. The van der Waals surface area contributed by atoms with Crippen molar-refractivity contribution in [3.63, 3.8) is 0 Å². The van der Waals surface area contributed by atoms with Crippen molar-refractivity contribution in [2.24, 2.45) is 5.73 Å². The number of hydrogen-bond donors (Lipinski definition) is 1. The van der Waals surface area contributed by atoms with Crippen molar-refractivity contribution in [2.75, 3.05) is 7.11 Å². The van der Waals surface area contributed by atoms with Gasteiger partial charge in [-0.05, 0) is 31.4 Å². The summed E-state index contributed by atoms with van der Waals surface area (Å²) in [6.45, 7) is 6.59.